The van der Waals surface area contributed by atoms with E-state index in [9.17, 15) is 0 Å². The fourth-order valence-corrected chi connectivity index (χ4v) is 8.34. The third kappa shape index (κ3) is 4.59. The molecule has 2 heteroatoms. The van der Waals surface area contributed by atoms with Gasteiger partial charge in [0, 0.05) is 0 Å². The van der Waals surface area contributed by atoms with Crippen molar-refractivity contribution < 1.29 is 0 Å². The normalized spacial score (nSPS) is 39.3. The predicted octanol–water partition coefficient (Wildman–Crippen LogP) is 6.60. The fourth-order valence-electron chi connectivity index (χ4n) is 5.02. The summed E-state index contributed by atoms with van der Waals surface area (Å²) in [4.78, 5) is 0. The lowest BCUT2D eigenvalue weighted by molar-refractivity contribution is 0.147. The Bertz CT molecular complexity index is 282. The van der Waals surface area contributed by atoms with Gasteiger partial charge in [0.05, 0.1) is 4.58 Å². The smallest absolute Gasteiger partial charge is 0.0530 e. The highest BCUT2D eigenvalue weighted by atomic mass is 32.2. The first-order valence-electron chi connectivity index (χ1n) is 9.60. The standard InChI is InChI=1S/C19H34S2/c1-2-4-15-5-7-16(8-6-15)17-9-11-18(12-10-17)19-20-13-3-14-21-19/h15-19H,2-14H2,1H3. The van der Waals surface area contributed by atoms with Gasteiger partial charge in [0.25, 0.3) is 0 Å². The molecule has 2 saturated carbocycles. The zero-order chi connectivity index (χ0) is 14.5. The average molecular weight is 327 g/mol. The molecule has 1 saturated heterocycles. The molecule has 0 aromatic carbocycles. The van der Waals surface area contributed by atoms with Gasteiger partial charge in [-0.3, -0.25) is 0 Å². The summed E-state index contributed by atoms with van der Waals surface area (Å²) in [6, 6.07) is 0. The Balaban J connectivity index is 1.39. The molecular formula is C19H34S2. The highest BCUT2D eigenvalue weighted by molar-refractivity contribution is 8.17. The predicted molar refractivity (Wildman–Crippen MR) is 99.1 cm³/mol. The van der Waals surface area contributed by atoms with Crippen LogP contribution in [0.1, 0.15) is 77.6 Å². The summed E-state index contributed by atoms with van der Waals surface area (Å²) in [5.74, 6) is 7.19. The Hall–Kier alpha value is 0.700. The number of hydrogen-bond donors (Lipinski definition) is 0. The fraction of sp³-hybridized carbons (Fsp3) is 1.00. The van der Waals surface area contributed by atoms with Gasteiger partial charge in [-0.1, -0.05) is 32.6 Å². The van der Waals surface area contributed by atoms with E-state index in [-0.39, 0.29) is 0 Å². The zero-order valence-corrected chi connectivity index (χ0v) is 15.5. The van der Waals surface area contributed by atoms with Crippen molar-refractivity contribution in [3.05, 3.63) is 0 Å². The molecule has 0 unspecified atom stereocenters. The molecule has 2 aliphatic carbocycles. The van der Waals surface area contributed by atoms with E-state index in [1.165, 1.54) is 30.8 Å². The quantitative estimate of drug-likeness (QED) is 0.571. The van der Waals surface area contributed by atoms with E-state index >= 15 is 0 Å². The molecule has 21 heavy (non-hydrogen) atoms. The molecular weight excluding hydrogens is 292 g/mol. The molecule has 3 rings (SSSR count). The number of hydrogen-bond acceptors (Lipinski definition) is 2. The second kappa shape index (κ2) is 8.52. The van der Waals surface area contributed by atoms with E-state index < -0.39 is 0 Å². The van der Waals surface area contributed by atoms with Crippen LogP contribution in [0.3, 0.4) is 0 Å². The van der Waals surface area contributed by atoms with E-state index in [1.807, 2.05) is 0 Å². The molecule has 0 N–H and O–H groups in total. The third-order valence-corrected chi connectivity index (χ3v) is 9.60. The Kier molecular flexibility index (Phi) is 6.72. The van der Waals surface area contributed by atoms with E-state index in [2.05, 4.69) is 30.4 Å². The summed E-state index contributed by atoms with van der Waals surface area (Å²) >= 11 is 4.55. The minimum Gasteiger partial charge on any atom is -0.147 e. The van der Waals surface area contributed by atoms with Crippen molar-refractivity contribution in [2.24, 2.45) is 23.7 Å². The monoisotopic (exact) mass is 326 g/mol. The van der Waals surface area contributed by atoms with Crippen LogP contribution in [0, 0.1) is 23.7 Å². The van der Waals surface area contributed by atoms with Crippen LogP contribution in [0.15, 0.2) is 0 Å². The molecule has 3 fully saturated rings. The van der Waals surface area contributed by atoms with Gasteiger partial charge in [0.2, 0.25) is 0 Å². The molecule has 1 aliphatic heterocycles. The first kappa shape index (κ1) is 16.6. The molecule has 122 valence electrons. The molecule has 0 radical (unpaired) electrons. The van der Waals surface area contributed by atoms with Gasteiger partial charge >= 0.3 is 0 Å². The first-order valence-corrected chi connectivity index (χ1v) is 11.7. The summed E-state index contributed by atoms with van der Waals surface area (Å²) < 4.78 is 0.958. The second-order valence-corrected chi connectivity index (χ2v) is 10.5. The van der Waals surface area contributed by atoms with Crippen LogP contribution >= 0.6 is 23.5 Å². The maximum Gasteiger partial charge on any atom is 0.0530 e. The molecule has 0 spiro atoms. The largest absolute Gasteiger partial charge is 0.147 e. The van der Waals surface area contributed by atoms with Gasteiger partial charge in [-0.25, -0.2) is 0 Å². The summed E-state index contributed by atoms with van der Waals surface area (Å²) in [6.07, 6.45) is 16.8. The Morgan fingerprint density at radius 2 is 1.24 bits per heavy atom. The van der Waals surface area contributed by atoms with E-state index in [4.69, 9.17) is 0 Å². The van der Waals surface area contributed by atoms with Crippen molar-refractivity contribution in [1.29, 1.82) is 0 Å². The van der Waals surface area contributed by atoms with Crippen molar-refractivity contribution in [2.45, 2.75) is 82.1 Å². The maximum absolute atomic E-state index is 2.36. The van der Waals surface area contributed by atoms with Crippen LogP contribution in [0.5, 0.6) is 0 Å². The minimum absolute atomic E-state index is 0.958. The number of thioether (sulfide) groups is 2. The molecule has 0 bridgehead atoms. The minimum atomic E-state index is 0.958. The second-order valence-electron chi connectivity index (χ2n) is 7.71. The molecule has 0 atom stereocenters. The zero-order valence-electron chi connectivity index (χ0n) is 13.9. The van der Waals surface area contributed by atoms with Gasteiger partial charge < -0.3 is 0 Å². The summed E-state index contributed by atoms with van der Waals surface area (Å²) in [7, 11) is 0. The number of rotatable bonds is 4. The molecule has 0 amide bonds. The van der Waals surface area contributed by atoms with Crippen molar-refractivity contribution in [2.75, 3.05) is 11.5 Å². The highest BCUT2D eigenvalue weighted by Crippen LogP contribution is 2.47. The lowest BCUT2D eigenvalue weighted by Gasteiger charge is -2.40. The third-order valence-electron chi connectivity index (χ3n) is 6.31. The summed E-state index contributed by atoms with van der Waals surface area (Å²) in [5.41, 5.74) is 0. The Labute approximate surface area is 141 Å². The van der Waals surface area contributed by atoms with Gasteiger partial charge in [-0.15, -0.1) is 23.5 Å². The van der Waals surface area contributed by atoms with Crippen LogP contribution in [-0.2, 0) is 0 Å². The van der Waals surface area contributed by atoms with Gasteiger partial charge in [-0.2, -0.15) is 0 Å². The maximum atomic E-state index is 2.36. The van der Waals surface area contributed by atoms with Crippen LogP contribution in [0.25, 0.3) is 0 Å². The SMILES string of the molecule is CCCC1CCC(C2CCC(C3SCCCS3)CC2)CC1. The summed E-state index contributed by atoms with van der Waals surface area (Å²) in [6.45, 7) is 2.36. The topological polar surface area (TPSA) is 0 Å². The molecule has 0 aromatic heterocycles. The van der Waals surface area contributed by atoms with Crippen molar-refractivity contribution in [3.63, 3.8) is 0 Å². The Morgan fingerprint density at radius 3 is 1.81 bits per heavy atom. The van der Waals surface area contributed by atoms with Crippen molar-refractivity contribution >= 4 is 23.5 Å². The van der Waals surface area contributed by atoms with Crippen LogP contribution in [-0.4, -0.2) is 16.1 Å². The Morgan fingerprint density at radius 1 is 0.714 bits per heavy atom. The average Bonchev–Trinajstić information content (AvgIpc) is 2.57. The van der Waals surface area contributed by atoms with E-state index in [0.717, 1.165) is 28.3 Å². The molecule has 0 aromatic rings. The molecule has 1 heterocycles. The lowest BCUT2D eigenvalue weighted by atomic mass is 9.69. The van der Waals surface area contributed by atoms with Crippen molar-refractivity contribution in [1.82, 2.24) is 0 Å². The van der Waals surface area contributed by atoms with Crippen LogP contribution < -0.4 is 0 Å². The first-order chi connectivity index (χ1) is 10.4. The molecule has 3 aliphatic rings. The van der Waals surface area contributed by atoms with Crippen molar-refractivity contribution in [3.8, 4) is 0 Å². The highest BCUT2D eigenvalue weighted by Gasteiger charge is 2.33. The van der Waals surface area contributed by atoms with E-state index in [1.54, 1.807) is 51.4 Å². The van der Waals surface area contributed by atoms with Gasteiger partial charge in [-0.05, 0) is 80.1 Å². The van der Waals surface area contributed by atoms with Gasteiger partial charge in [0.15, 0.2) is 0 Å². The van der Waals surface area contributed by atoms with Gasteiger partial charge in [0.1, 0.15) is 0 Å². The van der Waals surface area contributed by atoms with E-state index in [0.29, 0.717) is 0 Å². The molecule has 0 nitrogen and oxygen atoms in total. The summed E-state index contributed by atoms with van der Waals surface area (Å²) in [5, 5.41) is 0. The van der Waals surface area contributed by atoms with Crippen LogP contribution in [0.4, 0.5) is 0 Å². The lowest BCUT2D eigenvalue weighted by Crippen LogP contribution is -2.29. The van der Waals surface area contributed by atoms with Crippen LogP contribution in [0.2, 0.25) is 0 Å².